The summed E-state index contributed by atoms with van der Waals surface area (Å²) in [6.07, 6.45) is -4.48. The summed E-state index contributed by atoms with van der Waals surface area (Å²) in [5, 5.41) is 4.14. The monoisotopic (exact) mass is 408 g/mol. The van der Waals surface area contributed by atoms with Crippen molar-refractivity contribution in [2.75, 3.05) is 13.2 Å². The van der Waals surface area contributed by atoms with Gasteiger partial charge in [-0.2, -0.15) is 13.2 Å². The number of esters is 1. The van der Waals surface area contributed by atoms with Crippen LogP contribution in [0.5, 0.6) is 0 Å². The number of benzene rings is 2. The van der Waals surface area contributed by atoms with Crippen molar-refractivity contribution < 1.29 is 32.3 Å². The molecule has 2 amide bonds. The minimum Gasteiger partial charge on any atom is -0.454 e. The first kappa shape index (κ1) is 21.9. The molecule has 0 saturated heterocycles. The maximum Gasteiger partial charge on any atom is 0.405 e. The van der Waals surface area contributed by atoms with Gasteiger partial charge in [0.15, 0.2) is 6.61 Å². The van der Waals surface area contributed by atoms with Gasteiger partial charge in [-0.25, -0.2) is 4.79 Å². The molecule has 0 aliphatic heterocycles. The normalized spacial score (nSPS) is 12.0. The van der Waals surface area contributed by atoms with Crippen LogP contribution < -0.4 is 10.6 Å². The van der Waals surface area contributed by atoms with Gasteiger partial charge in [-0.1, -0.05) is 48.5 Å². The molecular formula is C20H19F3N2O4. The van der Waals surface area contributed by atoms with Crippen molar-refractivity contribution in [1.29, 1.82) is 0 Å². The number of carbonyl (C=O) groups excluding carboxylic acids is 3. The molecule has 6 nitrogen and oxygen atoms in total. The molecule has 0 fully saturated rings. The highest BCUT2D eigenvalue weighted by Crippen LogP contribution is 2.12. The molecule has 2 N–H and O–H groups in total. The first-order chi connectivity index (χ1) is 13.7. The van der Waals surface area contributed by atoms with Gasteiger partial charge in [-0.05, 0) is 17.7 Å². The van der Waals surface area contributed by atoms with Crippen molar-refractivity contribution in [3.63, 3.8) is 0 Å². The lowest BCUT2D eigenvalue weighted by atomic mass is 10.1. The summed E-state index contributed by atoms with van der Waals surface area (Å²) in [5.41, 5.74) is 1.05. The molecule has 9 heteroatoms. The van der Waals surface area contributed by atoms with Gasteiger partial charge in [-0.15, -0.1) is 0 Å². The summed E-state index contributed by atoms with van der Waals surface area (Å²) in [4.78, 5) is 36.2. The number of hydrogen-bond acceptors (Lipinski definition) is 4. The third kappa shape index (κ3) is 8.04. The van der Waals surface area contributed by atoms with Crippen molar-refractivity contribution >= 4 is 17.8 Å². The van der Waals surface area contributed by atoms with Crippen LogP contribution in [-0.2, 0) is 20.7 Å². The molecule has 0 heterocycles. The molecule has 2 aromatic rings. The predicted octanol–water partition coefficient (Wildman–Crippen LogP) is 2.25. The highest BCUT2D eigenvalue weighted by atomic mass is 19.4. The molecule has 0 aliphatic rings. The number of carbonyl (C=O) groups is 3. The third-order valence-corrected chi connectivity index (χ3v) is 3.74. The smallest absolute Gasteiger partial charge is 0.405 e. The van der Waals surface area contributed by atoms with Gasteiger partial charge >= 0.3 is 12.1 Å². The molecule has 0 radical (unpaired) electrons. The van der Waals surface area contributed by atoms with Crippen LogP contribution in [0, 0.1) is 0 Å². The van der Waals surface area contributed by atoms with E-state index < -0.39 is 43.2 Å². The molecule has 0 saturated carbocycles. The Morgan fingerprint density at radius 2 is 1.52 bits per heavy atom. The summed E-state index contributed by atoms with van der Waals surface area (Å²) >= 11 is 0. The molecule has 154 valence electrons. The highest BCUT2D eigenvalue weighted by Gasteiger charge is 2.28. The van der Waals surface area contributed by atoms with Crippen LogP contribution in [0.15, 0.2) is 60.7 Å². The second-order valence-electron chi connectivity index (χ2n) is 6.08. The van der Waals surface area contributed by atoms with Gasteiger partial charge in [0, 0.05) is 12.0 Å². The van der Waals surface area contributed by atoms with Gasteiger partial charge in [0.1, 0.15) is 12.6 Å². The van der Waals surface area contributed by atoms with Gasteiger partial charge in [0.25, 0.3) is 11.8 Å². The molecule has 0 aromatic heterocycles. The van der Waals surface area contributed by atoms with E-state index in [9.17, 15) is 27.6 Å². The van der Waals surface area contributed by atoms with Gasteiger partial charge in [-0.3, -0.25) is 9.59 Å². The third-order valence-electron chi connectivity index (χ3n) is 3.74. The van der Waals surface area contributed by atoms with Gasteiger partial charge in [0.2, 0.25) is 0 Å². The highest BCUT2D eigenvalue weighted by molar-refractivity contribution is 5.97. The molecule has 2 aromatic carbocycles. The van der Waals surface area contributed by atoms with Crippen molar-refractivity contribution in [2.45, 2.75) is 18.6 Å². The lowest BCUT2D eigenvalue weighted by Gasteiger charge is -2.18. The topological polar surface area (TPSA) is 84.5 Å². The van der Waals surface area contributed by atoms with Crippen LogP contribution in [0.3, 0.4) is 0 Å². The van der Waals surface area contributed by atoms with Crippen LogP contribution in [0.2, 0.25) is 0 Å². The average Bonchev–Trinajstić information content (AvgIpc) is 2.70. The Bertz CT molecular complexity index is 827. The van der Waals surface area contributed by atoms with E-state index in [4.69, 9.17) is 4.74 Å². The number of amides is 2. The zero-order chi connectivity index (χ0) is 21.3. The Balaban J connectivity index is 2.01. The first-order valence-corrected chi connectivity index (χ1v) is 8.64. The van der Waals surface area contributed by atoms with Crippen molar-refractivity contribution in [1.82, 2.24) is 10.6 Å². The average molecular weight is 408 g/mol. The molecule has 29 heavy (non-hydrogen) atoms. The van der Waals surface area contributed by atoms with Crippen LogP contribution in [0.1, 0.15) is 15.9 Å². The van der Waals surface area contributed by atoms with Crippen molar-refractivity contribution in [3.05, 3.63) is 71.8 Å². The van der Waals surface area contributed by atoms with Crippen LogP contribution in [0.4, 0.5) is 13.2 Å². The van der Waals surface area contributed by atoms with E-state index in [-0.39, 0.29) is 6.42 Å². The van der Waals surface area contributed by atoms with Crippen LogP contribution in [0.25, 0.3) is 0 Å². The van der Waals surface area contributed by atoms with Gasteiger partial charge in [0.05, 0.1) is 0 Å². The number of halogens is 3. The Labute approximate surface area is 165 Å². The Morgan fingerprint density at radius 3 is 2.10 bits per heavy atom. The fourth-order valence-corrected chi connectivity index (χ4v) is 2.36. The summed E-state index contributed by atoms with van der Waals surface area (Å²) in [7, 11) is 0. The maximum absolute atomic E-state index is 12.4. The minimum absolute atomic E-state index is 0.0857. The fraction of sp³-hybridized carbons (Fsp3) is 0.250. The zero-order valence-electron chi connectivity index (χ0n) is 15.2. The number of rotatable bonds is 8. The summed E-state index contributed by atoms with van der Waals surface area (Å²) in [5.74, 6) is -2.55. The van der Waals surface area contributed by atoms with E-state index in [0.717, 1.165) is 5.56 Å². The number of ether oxygens (including phenoxy) is 1. The molecular weight excluding hydrogens is 389 g/mol. The van der Waals surface area contributed by atoms with Crippen molar-refractivity contribution in [3.8, 4) is 0 Å². The molecule has 1 atom stereocenters. The quantitative estimate of drug-likeness (QED) is 0.657. The number of nitrogens with one attached hydrogen (secondary N) is 2. The van der Waals surface area contributed by atoms with E-state index in [1.165, 1.54) is 0 Å². The van der Waals surface area contributed by atoms with E-state index in [2.05, 4.69) is 5.32 Å². The first-order valence-electron chi connectivity index (χ1n) is 8.64. The second kappa shape index (κ2) is 10.3. The minimum atomic E-state index is -4.57. The lowest BCUT2D eigenvalue weighted by Crippen LogP contribution is -2.44. The Kier molecular flexibility index (Phi) is 7.76. The lowest BCUT2D eigenvalue weighted by molar-refractivity contribution is -0.152. The van der Waals surface area contributed by atoms with Crippen LogP contribution in [-0.4, -0.2) is 43.2 Å². The van der Waals surface area contributed by atoms with E-state index in [1.807, 2.05) is 0 Å². The molecule has 0 spiro atoms. The largest absolute Gasteiger partial charge is 0.454 e. The SMILES string of the molecule is O=C(COC(=O)[C@H](Cc1ccccc1)NC(=O)c1ccccc1)NCC(F)(F)F. The van der Waals surface area contributed by atoms with E-state index in [0.29, 0.717) is 5.56 Å². The summed E-state index contributed by atoms with van der Waals surface area (Å²) in [6, 6.07) is 15.8. The summed E-state index contributed by atoms with van der Waals surface area (Å²) < 4.78 is 41.2. The molecule has 0 aliphatic carbocycles. The molecule has 0 unspecified atom stereocenters. The second-order valence-corrected chi connectivity index (χ2v) is 6.08. The standard InChI is InChI=1S/C20H19F3N2O4/c21-20(22,23)13-24-17(26)12-29-19(28)16(11-14-7-3-1-4-8-14)25-18(27)15-9-5-2-6-10-15/h1-10,16H,11-13H2,(H,24,26)(H,25,27)/t16-/m0/s1. The molecule has 2 rings (SSSR count). The van der Waals surface area contributed by atoms with E-state index >= 15 is 0 Å². The van der Waals surface area contributed by atoms with Crippen molar-refractivity contribution in [2.24, 2.45) is 0 Å². The fourth-order valence-electron chi connectivity index (χ4n) is 2.36. The Morgan fingerprint density at radius 1 is 0.931 bits per heavy atom. The van der Waals surface area contributed by atoms with E-state index in [1.54, 1.807) is 66.0 Å². The zero-order valence-corrected chi connectivity index (χ0v) is 15.2. The number of alkyl halides is 3. The Hall–Kier alpha value is -3.36. The van der Waals surface area contributed by atoms with Crippen LogP contribution >= 0.6 is 0 Å². The number of hydrogen-bond donors (Lipinski definition) is 2. The molecule has 0 bridgehead atoms. The maximum atomic E-state index is 12.4. The summed E-state index contributed by atoms with van der Waals surface area (Å²) in [6.45, 7) is -2.41. The van der Waals surface area contributed by atoms with Gasteiger partial charge < -0.3 is 15.4 Å². The predicted molar refractivity (Wildman–Crippen MR) is 97.9 cm³/mol.